The fourth-order valence-electron chi connectivity index (χ4n) is 3.04. The zero-order valence-electron chi connectivity index (χ0n) is 16.3. The molecule has 3 aromatic rings. The van der Waals surface area contributed by atoms with Crippen LogP contribution < -0.4 is 15.0 Å². The molecule has 3 aromatic carbocycles. The molecule has 0 unspecified atom stereocenters. The number of aliphatic imine (C=N–C) groups is 1. The number of amides is 2. The van der Waals surface area contributed by atoms with Crippen molar-refractivity contribution in [3.8, 4) is 5.75 Å². The van der Waals surface area contributed by atoms with Crippen molar-refractivity contribution in [2.75, 3.05) is 12.0 Å². The lowest BCUT2D eigenvalue weighted by Crippen LogP contribution is -2.43. The van der Waals surface area contributed by atoms with Crippen molar-refractivity contribution in [3.05, 3.63) is 102 Å². The Morgan fingerprint density at radius 3 is 2.20 bits per heavy atom. The summed E-state index contributed by atoms with van der Waals surface area (Å²) in [7, 11) is 1.59. The molecule has 6 nitrogen and oxygen atoms in total. The highest BCUT2D eigenvalue weighted by Crippen LogP contribution is 2.25. The number of methoxy groups -OCH3 is 1. The topological polar surface area (TPSA) is 71.0 Å². The molecule has 1 N–H and O–H groups in total. The summed E-state index contributed by atoms with van der Waals surface area (Å²) >= 11 is 0. The molecule has 4 rings (SSSR count). The molecule has 1 aliphatic rings. The van der Waals surface area contributed by atoms with Crippen molar-refractivity contribution in [3.63, 3.8) is 0 Å². The van der Waals surface area contributed by atoms with Crippen molar-refractivity contribution in [2.45, 2.75) is 0 Å². The Hall–Kier alpha value is -4.19. The van der Waals surface area contributed by atoms with Gasteiger partial charge in [-0.15, -0.1) is 0 Å². The fourth-order valence-corrected chi connectivity index (χ4v) is 3.04. The van der Waals surface area contributed by atoms with Gasteiger partial charge >= 0.3 is 0 Å². The Bertz CT molecular complexity index is 1120. The highest BCUT2D eigenvalue weighted by Gasteiger charge is 2.32. The van der Waals surface area contributed by atoms with Gasteiger partial charge < -0.3 is 4.74 Å². The van der Waals surface area contributed by atoms with E-state index in [1.54, 1.807) is 49.6 Å². The summed E-state index contributed by atoms with van der Waals surface area (Å²) in [6.45, 7) is 0. The second-order valence-corrected chi connectivity index (χ2v) is 6.53. The van der Waals surface area contributed by atoms with Gasteiger partial charge in [0.25, 0.3) is 11.8 Å². The molecule has 0 spiro atoms. The van der Waals surface area contributed by atoms with E-state index in [1.165, 1.54) is 4.90 Å². The van der Waals surface area contributed by atoms with Crippen molar-refractivity contribution < 1.29 is 14.3 Å². The lowest BCUT2D eigenvalue weighted by atomic mass is 10.2. The Morgan fingerprint density at radius 1 is 0.933 bits per heavy atom. The molecular formula is C24H19N3O3. The predicted molar refractivity (Wildman–Crippen MR) is 116 cm³/mol. The molecule has 2 amide bonds. The van der Waals surface area contributed by atoms with Crippen LogP contribution in [0.15, 0.2) is 95.6 Å². The molecule has 0 saturated heterocycles. The summed E-state index contributed by atoms with van der Waals surface area (Å²) in [5.41, 5.74) is 2.12. The first-order chi connectivity index (χ1) is 14.7. The van der Waals surface area contributed by atoms with Crippen LogP contribution in [0.1, 0.15) is 15.9 Å². The molecule has 1 heterocycles. The van der Waals surface area contributed by atoms with Crippen molar-refractivity contribution >= 4 is 29.5 Å². The van der Waals surface area contributed by atoms with Gasteiger partial charge in [0, 0.05) is 5.56 Å². The van der Waals surface area contributed by atoms with Gasteiger partial charge in [0.1, 0.15) is 11.4 Å². The molecule has 0 aromatic heterocycles. The molecule has 0 aliphatic carbocycles. The minimum atomic E-state index is -0.339. The van der Waals surface area contributed by atoms with Crippen LogP contribution in [-0.2, 0) is 4.79 Å². The normalized spacial score (nSPS) is 14.6. The van der Waals surface area contributed by atoms with Crippen molar-refractivity contribution in [2.24, 2.45) is 4.99 Å². The number of carbonyl (C=O) groups is 2. The van der Waals surface area contributed by atoms with Crippen LogP contribution in [0.3, 0.4) is 0 Å². The Balaban J connectivity index is 1.68. The van der Waals surface area contributed by atoms with Gasteiger partial charge in [0.2, 0.25) is 5.96 Å². The standard InChI is InChI=1S/C24H19N3O3/c1-30-20-14-12-17(13-15-20)16-21-23(29)27(19-10-6-3-7-11-19)24(25-21)26-22(28)18-8-4-2-5-9-18/h2-16H,1H3,(H,25,26,28)/b21-16-. The third-order valence-electron chi connectivity index (χ3n) is 4.56. The van der Waals surface area contributed by atoms with Gasteiger partial charge in [-0.1, -0.05) is 48.5 Å². The number of benzene rings is 3. The molecule has 1 aliphatic heterocycles. The second-order valence-electron chi connectivity index (χ2n) is 6.53. The van der Waals surface area contributed by atoms with Crippen LogP contribution in [0, 0.1) is 0 Å². The van der Waals surface area contributed by atoms with E-state index in [9.17, 15) is 9.59 Å². The van der Waals surface area contributed by atoms with Crippen LogP contribution in [-0.4, -0.2) is 24.9 Å². The summed E-state index contributed by atoms with van der Waals surface area (Å²) in [6, 6.07) is 25.2. The van der Waals surface area contributed by atoms with Gasteiger partial charge in [0.05, 0.1) is 12.8 Å². The predicted octanol–water partition coefficient (Wildman–Crippen LogP) is 3.87. The molecule has 0 fully saturated rings. The average molecular weight is 397 g/mol. The summed E-state index contributed by atoms with van der Waals surface area (Å²) in [5, 5.41) is 2.76. The van der Waals surface area contributed by atoms with E-state index in [2.05, 4.69) is 10.3 Å². The Morgan fingerprint density at radius 2 is 1.57 bits per heavy atom. The maximum absolute atomic E-state index is 13.1. The van der Waals surface area contributed by atoms with E-state index in [4.69, 9.17) is 4.74 Å². The zero-order valence-corrected chi connectivity index (χ0v) is 16.3. The highest BCUT2D eigenvalue weighted by atomic mass is 16.5. The van der Waals surface area contributed by atoms with E-state index in [1.807, 2.05) is 48.5 Å². The minimum Gasteiger partial charge on any atom is -0.497 e. The van der Waals surface area contributed by atoms with E-state index >= 15 is 0 Å². The molecular weight excluding hydrogens is 378 g/mol. The number of nitrogens with zero attached hydrogens (tertiary/aromatic N) is 2. The third-order valence-corrected chi connectivity index (χ3v) is 4.56. The van der Waals surface area contributed by atoms with Gasteiger partial charge in [-0.05, 0) is 48.0 Å². The van der Waals surface area contributed by atoms with Gasteiger partial charge in [-0.2, -0.15) is 0 Å². The quantitative estimate of drug-likeness (QED) is 0.680. The summed E-state index contributed by atoms with van der Waals surface area (Å²) in [6.07, 6.45) is 1.68. The third kappa shape index (κ3) is 3.98. The molecule has 0 saturated carbocycles. The minimum absolute atomic E-state index is 0.166. The van der Waals surface area contributed by atoms with Crippen molar-refractivity contribution in [1.29, 1.82) is 0 Å². The lowest BCUT2D eigenvalue weighted by Gasteiger charge is -2.18. The van der Waals surface area contributed by atoms with E-state index in [0.717, 1.165) is 11.3 Å². The maximum atomic E-state index is 13.1. The van der Waals surface area contributed by atoms with Gasteiger partial charge in [0.15, 0.2) is 0 Å². The van der Waals surface area contributed by atoms with Gasteiger partial charge in [-0.25, -0.2) is 9.89 Å². The monoisotopic (exact) mass is 397 g/mol. The molecule has 6 heteroatoms. The zero-order chi connectivity index (χ0) is 20.9. The SMILES string of the molecule is COc1ccc(/C=C2\N=C(NC(=O)c3ccccc3)N(c3ccccc3)C2=O)cc1. The first-order valence-corrected chi connectivity index (χ1v) is 9.36. The summed E-state index contributed by atoms with van der Waals surface area (Å²) in [5.74, 6) is 0.231. The first kappa shape index (κ1) is 19.1. The van der Waals surface area contributed by atoms with Crippen LogP contribution in [0.5, 0.6) is 5.75 Å². The smallest absolute Gasteiger partial charge is 0.283 e. The summed E-state index contributed by atoms with van der Waals surface area (Å²) in [4.78, 5) is 31.6. The van der Waals surface area contributed by atoms with Crippen LogP contribution >= 0.6 is 0 Å². The van der Waals surface area contributed by atoms with Crippen molar-refractivity contribution in [1.82, 2.24) is 5.32 Å². The number of para-hydroxylation sites is 1. The van der Waals surface area contributed by atoms with Gasteiger partial charge in [-0.3, -0.25) is 14.9 Å². The second kappa shape index (κ2) is 8.45. The molecule has 0 bridgehead atoms. The van der Waals surface area contributed by atoms with Crippen LogP contribution in [0.2, 0.25) is 0 Å². The Labute approximate surface area is 174 Å². The number of guanidine groups is 1. The highest BCUT2D eigenvalue weighted by molar-refractivity contribution is 6.30. The number of hydrogen-bond donors (Lipinski definition) is 1. The molecule has 148 valence electrons. The molecule has 0 atom stereocenters. The number of nitrogens with one attached hydrogen (secondary N) is 1. The lowest BCUT2D eigenvalue weighted by molar-refractivity contribution is -0.113. The number of hydrogen-bond acceptors (Lipinski definition) is 4. The van der Waals surface area contributed by atoms with Crippen LogP contribution in [0.25, 0.3) is 6.08 Å². The Kier molecular flexibility index (Phi) is 5.39. The maximum Gasteiger partial charge on any atom is 0.283 e. The number of rotatable bonds is 4. The van der Waals surface area contributed by atoms with E-state index in [-0.39, 0.29) is 23.5 Å². The number of anilines is 1. The van der Waals surface area contributed by atoms with Crippen LogP contribution in [0.4, 0.5) is 5.69 Å². The van der Waals surface area contributed by atoms with E-state index < -0.39 is 0 Å². The van der Waals surface area contributed by atoms with E-state index in [0.29, 0.717) is 11.3 Å². The molecule has 30 heavy (non-hydrogen) atoms. The average Bonchev–Trinajstić information content (AvgIpc) is 3.10. The number of ether oxygens (including phenoxy) is 1. The molecule has 0 radical (unpaired) electrons. The fraction of sp³-hybridized carbons (Fsp3) is 0.0417. The first-order valence-electron chi connectivity index (χ1n) is 9.36. The largest absolute Gasteiger partial charge is 0.497 e. The number of carbonyl (C=O) groups excluding carboxylic acids is 2. The summed E-state index contributed by atoms with van der Waals surface area (Å²) < 4.78 is 5.17.